The molecule has 0 aliphatic heterocycles. The molecule has 0 spiro atoms. The number of aliphatic hydroxyl groups excluding tert-OH is 1. The number of alkyl halides is 4. The van der Waals surface area contributed by atoms with E-state index < -0.39 is 36.8 Å². The predicted octanol–water partition coefficient (Wildman–Crippen LogP) is 2.93. The zero-order valence-corrected chi connectivity index (χ0v) is 10.8. The summed E-state index contributed by atoms with van der Waals surface area (Å²) in [5.41, 5.74) is 0. The average molecular weight is 286 g/mol. The van der Waals surface area contributed by atoms with Crippen molar-refractivity contribution < 1.29 is 32.2 Å². The summed E-state index contributed by atoms with van der Waals surface area (Å²) in [6.07, 6.45) is -1.82. The molecule has 1 unspecified atom stereocenters. The number of allylic oxidation sites excluding steroid dienone is 1. The lowest BCUT2D eigenvalue weighted by atomic mass is 10.0. The fraction of sp³-hybridized carbons (Fsp3) is 0.750. The van der Waals surface area contributed by atoms with E-state index in [4.69, 9.17) is 5.11 Å². The first-order chi connectivity index (χ1) is 8.62. The first kappa shape index (κ1) is 17.9. The fourth-order valence-corrected chi connectivity index (χ4v) is 1.35. The van der Waals surface area contributed by atoms with Gasteiger partial charge < -0.3 is 9.84 Å². The Morgan fingerprint density at radius 1 is 1.32 bits per heavy atom. The number of hydrogen-bond donors (Lipinski definition) is 1. The van der Waals surface area contributed by atoms with Gasteiger partial charge in [0.25, 0.3) is 0 Å². The standard InChI is InChI=1S/C12H18F4O3/c1-3-5-10(18)19-7-4-6-11(13,14)12(15,16)8-9(2)17/h3,5,9,17H,4,6-8H2,1-2H3. The molecule has 0 aliphatic carbocycles. The van der Waals surface area contributed by atoms with E-state index in [9.17, 15) is 22.4 Å². The van der Waals surface area contributed by atoms with Gasteiger partial charge in [-0.25, -0.2) is 4.79 Å². The molecule has 0 saturated heterocycles. The maximum absolute atomic E-state index is 13.2. The largest absolute Gasteiger partial charge is 0.463 e. The summed E-state index contributed by atoms with van der Waals surface area (Å²) in [6.45, 7) is 2.23. The summed E-state index contributed by atoms with van der Waals surface area (Å²) < 4.78 is 57.2. The predicted molar refractivity (Wildman–Crippen MR) is 61.2 cm³/mol. The van der Waals surface area contributed by atoms with Gasteiger partial charge in [0.05, 0.1) is 12.7 Å². The van der Waals surface area contributed by atoms with E-state index in [0.29, 0.717) is 0 Å². The smallest absolute Gasteiger partial charge is 0.330 e. The van der Waals surface area contributed by atoms with Crippen molar-refractivity contribution in [2.45, 2.75) is 51.1 Å². The van der Waals surface area contributed by atoms with Gasteiger partial charge in [0.2, 0.25) is 0 Å². The van der Waals surface area contributed by atoms with Gasteiger partial charge in [-0.05, 0) is 20.3 Å². The van der Waals surface area contributed by atoms with E-state index >= 15 is 0 Å². The molecule has 0 rings (SSSR count). The molecule has 0 fully saturated rings. The van der Waals surface area contributed by atoms with Crippen LogP contribution < -0.4 is 0 Å². The highest BCUT2D eigenvalue weighted by Gasteiger charge is 2.55. The Kier molecular flexibility index (Phi) is 7.04. The van der Waals surface area contributed by atoms with Gasteiger partial charge in [0, 0.05) is 18.9 Å². The van der Waals surface area contributed by atoms with Crippen molar-refractivity contribution in [2.24, 2.45) is 0 Å². The highest BCUT2D eigenvalue weighted by molar-refractivity contribution is 5.81. The number of halogens is 4. The molecule has 112 valence electrons. The minimum absolute atomic E-state index is 0.358. The van der Waals surface area contributed by atoms with E-state index in [0.717, 1.165) is 13.0 Å². The number of rotatable bonds is 8. The maximum Gasteiger partial charge on any atom is 0.330 e. The Morgan fingerprint density at radius 3 is 2.37 bits per heavy atom. The van der Waals surface area contributed by atoms with E-state index in [1.165, 1.54) is 6.08 Å². The second kappa shape index (κ2) is 7.47. The fourth-order valence-electron chi connectivity index (χ4n) is 1.35. The molecule has 19 heavy (non-hydrogen) atoms. The van der Waals surface area contributed by atoms with E-state index in [2.05, 4.69) is 4.74 Å². The third kappa shape index (κ3) is 6.56. The first-order valence-electron chi connectivity index (χ1n) is 5.85. The van der Waals surface area contributed by atoms with Crippen LogP contribution in [0.2, 0.25) is 0 Å². The van der Waals surface area contributed by atoms with Crippen molar-refractivity contribution in [3.8, 4) is 0 Å². The van der Waals surface area contributed by atoms with Gasteiger partial charge in [-0.3, -0.25) is 0 Å². The van der Waals surface area contributed by atoms with Crippen LogP contribution in [0, 0.1) is 0 Å². The van der Waals surface area contributed by atoms with Crippen molar-refractivity contribution in [1.29, 1.82) is 0 Å². The Balaban J connectivity index is 4.19. The molecule has 3 nitrogen and oxygen atoms in total. The van der Waals surface area contributed by atoms with Crippen molar-refractivity contribution in [3.05, 3.63) is 12.2 Å². The SMILES string of the molecule is CC=CC(=O)OCCCC(F)(F)C(F)(F)CC(C)O. The number of carbonyl (C=O) groups excluding carboxylic acids is 1. The van der Waals surface area contributed by atoms with E-state index in [1.54, 1.807) is 6.92 Å². The van der Waals surface area contributed by atoms with Crippen LogP contribution in [0.25, 0.3) is 0 Å². The van der Waals surface area contributed by atoms with Gasteiger partial charge in [-0.1, -0.05) is 6.08 Å². The minimum Gasteiger partial charge on any atom is -0.463 e. The molecule has 0 radical (unpaired) electrons. The molecule has 7 heteroatoms. The molecule has 0 saturated carbocycles. The number of hydrogen-bond acceptors (Lipinski definition) is 3. The number of ether oxygens (including phenoxy) is 1. The van der Waals surface area contributed by atoms with Crippen LogP contribution in [0.1, 0.15) is 33.1 Å². The van der Waals surface area contributed by atoms with Crippen LogP contribution in [-0.4, -0.2) is 35.6 Å². The average Bonchev–Trinajstić information content (AvgIpc) is 2.22. The third-order valence-corrected chi connectivity index (χ3v) is 2.27. The summed E-state index contributed by atoms with van der Waals surface area (Å²) >= 11 is 0. The van der Waals surface area contributed by atoms with Crippen LogP contribution in [0.15, 0.2) is 12.2 Å². The second-order valence-electron chi connectivity index (χ2n) is 4.23. The highest BCUT2D eigenvalue weighted by atomic mass is 19.3. The highest BCUT2D eigenvalue weighted by Crippen LogP contribution is 2.40. The van der Waals surface area contributed by atoms with Gasteiger partial charge in [0.1, 0.15) is 0 Å². The first-order valence-corrected chi connectivity index (χ1v) is 5.85. The molecule has 0 amide bonds. The van der Waals surface area contributed by atoms with Crippen molar-refractivity contribution in [3.63, 3.8) is 0 Å². The Labute approximate surface area is 109 Å². The molecule has 0 aliphatic rings. The Morgan fingerprint density at radius 2 is 1.89 bits per heavy atom. The Bertz CT molecular complexity index is 314. The summed E-state index contributed by atoms with van der Waals surface area (Å²) in [4.78, 5) is 10.8. The molecule has 0 aromatic rings. The van der Waals surface area contributed by atoms with Crippen LogP contribution in [-0.2, 0) is 9.53 Å². The van der Waals surface area contributed by atoms with Gasteiger partial charge in [0.15, 0.2) is 0 Å². The van der Waals surface area contributed by atoms with Crippen LogP contribution in [0.3, 0.4) is 0 Å². The zero-order chi connectivity index (χ0) is 15.1. The zero-order valence-electron chi connectivity index (χ0n) is 10.8. The quantitative estimate of drug-likeness (QED) is 0.323. The molecule has 0 bridgehead atoms. The van der Waals surface area contributed by atoms with Gasteiger partial charge >= 0.3 is 17.8 Å². The summed E-state index contributed by atoms with van der Waals surface area (Å²) in [7, 11) is 0. The summed E-state index contributed by atoms with van der Waals surface area (Å²) in [5, 5.41) is 8.76. The number of esters is 1. The van der Waals surface area contributed by atoms with E-state index in [-0.39, 0.29) is 13.0 Å². The molecular formula is C12H18F4O3. The lowest BCUT2D eigenvalue weighted by Gasteiger charge is -2.27. The third-order valence-electron chi connectivity index (χ3n) is 2.27. The van der Waals surface area contributed by atoms with Crippen LogP contribution in [0.5, 0.6) is 0 Å². The number of aliphatic hydroxyl groups is 1. The van der Waals surface area contributed by atoms with E-state index in [1.807, 2.05) is 0 Å². The minimum atomic E-state index is -4.28. The normalized spacial score (nSPS) is 14.7. The van der Waals surface area contributed by atoms with Crippen molar-refractivity contribution in [2.75, 3.05) is 6.61 Å². The Hall–Kier alpha value is -1.11. The molecule has 1 N–H and O–H groups in total. The summed E-state index contributed by atoms with van der Waals surface area (Å²) in [5.74, 6) is -9.23. The molecule has 0 aromatic heterocycles. The lowest BCUT2D eigenvalue weighted by molar-refractivity contribution is -0.224. The second-order valence-corrected chi connectivity index (χ2v) is 4.23. The maximum atomic E-state index is 13.2. The van der Waals surface area contributed by atoms with Crippen molar-refractivity contribution >= 4 is 5.97 Å². The lowest BCUT2D eigenvalue weighted by Crippen LogP contribution is -2.42. The molecule has 0 heterocycles. The van der Waals surface area contributed by atoms with Gasteiger partial charge in [-0.2, -0.15) is 17.6 Å². The topological polar surface area (TPSA) is 46.5 Å². The number of carbonyl (C=O) groups is 1. The molecular weight excluding hydrogens is 268 g/mol. The monoisotopic (exact) mass is 286 g/mol. The van der Waals surface area contributed by atoms with Gasteiger partial charge in [-0.15, -0.1) is 0 Å². The molecule has 0 aromatic carbocycles. The van der Waals surface area contributed by atoms with Crippen molar-refractivity contribution in [1.82, 2.24) is 0 Å². The van der Waals surface area contributed by atoms with Crippen LogP contribution in [0.4, 0.5) is 17.6 Å². The molecule has 1 atom stereocenters. The summed E-state index contributed by atoms with van der Waals surface area (Å²) in [6, 6.07) is 0. The van der Waals surface area contributed by atoms with Crippen LogP contribution >= 0.6 is 0 Å².